The lowest BCUT2D eigenvalue weighted by atomic mass is 10.1. The molecule has 0 fully saturated rings. The molecule has 0 unspecified atom stereocenters. The minimum absolute atomic E-state index is 0.106. The standard InChI is InChI=1S/C26H27ClF2N2O4/c1-16-10-23(34-14-19-5-6-20(28)12-21(19)29)24(27)25(32)30(16)13-17-4-7-22-18(11-17)8-9-31(22)35-15-26(2,3)33/h4-7,10-12,33H,8-9,13-15H2,1-3H3. The smallest absolute Gasteiger partial charge is 0.273 e. The van der Waals surface area contributed by atoms with Crippen LogP contribution in [0.1, 0.15) is 36.2 Å². The maximum atomic E-state index is 13.9. The monoisotopic (exact) mass is 504 g/mol. The van der Waals surface area contributed by atoms with Gasteiger partial charge in [-0.25, -0.2) is 8.78 Å². The Morgan fingerprint density at radius 1 is 1.14 bits per heavy atom. The molecule has 1 aliphatic rings. The van der Waals surface area contributed by atoms with Crippen LogP contribution in [0, 0.1) is 18.6 Å². The number of aryl methyl sites for hydroxylation is 1. The molecule has 0 atom stereocenters. The second-order valence-corrected chi connectivity index (χ2v) is 9.66. The molecule has 0 amide bonds. The van der Waals surface area contributed by atoms with Crippen LogP contribution in [-0.2, 0) is 24.4 Å². The first-order valence-electron chi connectivity index (χ1n) is 11.2. The number of ether oxygens (including phenoxy) is 1. The SMILES string of the molecule is Cc1cc(OCc2ccc(F)cc2F)c(Cl)c(=O)n1Cc1ccc2c(c1)CCN2OCC(C)(C)O. The first-order chi connectivity index (χ1) is 16.5. The summed E-state index contributed by atoms with van der Waals surface area (Å²) in [6.07, 6.45) is 0.788. The summed E-state index contributed by atoms with van der Waals surface area (Å²) >= 11 is 6.30. The third-order valence-corrected chi connectivity index (χ3v) is 6.07. The van der Waals surface area contributed by atoms with E-state index >= 15 is 0 Å². The zero-order chi connectivity index (χ0) is 25.3. The van der Waals surface area contributed by atoms with Crippen molar-refractivity contribution in [3.8, 4) is 5.75 Å². The first kappa shape index (κ1) is 25.2. The second-order valence-electron chi connectivity index (χ2n) is 9.28. The summed E-state index contributed by atoms with van der Waals surface area (Å²) in [5.41, 5.74) is 2.40. The van der Waals surface area contributed by atoms with Gasteiger partial charge in [0.25, 0.3) is 5.56 Å². The van der Waals surface area contributed by atoms with Gasteiger partial charge in [0.2, 0.25) is 0 Å². The number of hydroxylamine groups is 1. The first-order valence-corrected chi connectivity index (χ1v) is 11.6. The molecule has 1 N–H and O–H groups in total. The number of fused-ring (bicyclic) bond motifs is 1. The third-order valence-electron chi connectivity index (χ3n) is 5.72. The van der Waals surface area contributed by atoms with E-state index in [4.69, 9.17) is 21.2 Å². The molecular formula is C26H27ClF2N2O4. The van der Waals surface area contributed by atoms with Crippen LogP contribution in [0.3, 0.4) is 0 Å². The van der Waals surface area contributed by atoms with E-state index in [9.17, 15) is 18.7 Å². The summed E-state index contributed by atoms with van der Waals surface area (Å²) in [5, 5.41) is 11.6. The van der Waals surface area contributed by atoms with Crippen molar-refractivity contribution in [2.75, 3.05) is 18.2 Å². The van der Waals surface area contributed by atoms with Gasteiger partial charge in [-0.15, -0.1) is 0 Å². The summed E-state index contributed by atoms with van der Waals surface area (Å²) in [6.45, 7) is 6.14. The normalized spacial score (nSPS) is 13.3. The Kier molecular flexibility index (Phi) is 7.17. The van der Waals surface area contributed by atoms with Gasteiger partial charge >= 0.3 is 0 Å². The predicted octanol–water partition coefficient (Wildman–Crippen LogP) is 4.78. The van der Waals surface area contributed by atoms with Crippen molar-refractivity contribution in [1.82, 2.24) is 4.57 Å². The van der Waals surface area contributed by atoms with Crippen molar-refractivity contribution < 1.29 is 23.5 Å². The van der Waals surface area contributed by atoms with Crippen LogP contribution in [0.2, 0.25) is 5.02 Å². The number of anilines is 1. The highest BCUT2D eigenvalue weighted by Gasteiger charge is 2.23. The summed E-state index contributed by atoms with van der Waals surface area (Å²) in [5.74, 6) is -1.27. The van der Waals surface area contributed by atoms with Gasteiger partial charge in [-0.1, -0.05) is 23.7 Å². The van der Waals surface area contributed by atoms with E-state index in [0.717, 1.165) is 35.4 Å². The van der Waals surface area contributed by atoms with Gasteiger partial charge in [0, 0.05) is 29.9 Å². The summed E-state index contributed by atoms with van der Waals surface area (Å²) in [6, 6.07) is 10.7. The van der Waals surface area contributed by atoms with E-state index in [-0.39, 0.29) is 29.5 Å². The minimum atomic E-state index is -0.927. The van der Waals surface area contributed by atoms with Gasteiger partial charge in [0.05, 0.1) is 17.8 Å². The van der Waals surface area contributed by atoms with E-state index in [0.29, 0.717) is 18.8 Å². The Labute approximate surface area is 207 Å². The second kappa shape index (κ2) is 9.97. The molecule has 9 heteroatoms. The maximum absolute atomic E-state index is 13.9. The molecule has 35 heavy (non-hydrogen) atoms. The molecule has 0 spiro atoms. The zero-order valence-electron chi connectivity index (χ0n) is 19.8. The summed E-state index contributed by atoms with van der Waals surface area (Å²) in [7, 11) is 0. The predicted molar refractivity (Wildman–Crippen MR) is 130 cm³/mol. The molecule has 3 aromatic rings. The van der Waals surface area contributed by atoms with Crippen molar-refractivity contribution in [3.63, 3.8) is 0 Å². The Balaban J connectivity index is 1.49. The lowest BCUT2D eigenvalue weighted by Crippen LogP contribution is -2.32. The maximum Gasteiger partial charge on any atom is 0.273 e. The van der Waals surface area contributed by atoms with E-state index < -0.39 is 22.8 Å². The fourth-order valence-corrected chi connectivity index (χ4v) is 4.10. The highest BCUT2D eigenvalue weighted by molar-refractivity contribution is 6.31. The van der Waals surface area contributed by atoms with Crippen LogP contribution in [-0.4, -0.2) is 28.4 Å². The van der Waals surface area contributed by atoms with Gasteiger partial charge in [-0.2, -0.15) is 0 Å². The topological polar surface area (TPSA) is 63.9 Å². The van der Waals surface area contributed by atoms with Gasteiger partial charge in [0.15, 0.2) is 0 Å². The molecule has 4 rings (SSSR count). The summed E-state index contributed by atoms with van der Waals surface area (Å²) in [4.78, 5) is 18.7. The molecule has 2 aromatic carbocycles. The molecule has 186 valence electrons. The van der Waals surface area contributed by atoms with Gasteiger partial charge < -0.3 is 14.4 Å². The number of pyridine rings is 1. The fraction of sp³-hybridized carbons (Fsp3) is 0.346. The minimum Gasteiger partial charge on any atom is -0.487 e. The number of aliphatic hydroxyl groups is 1. The van der Waals surface area contributed by atoms with E-state index in [1.165, 1.54) is 6.07 Å². The van der Waals surface area contributed by atoms with Crippen LogP contribution in [0.15, 0.2) is 47.3 Å². The number of rotatable bonds is 8. The average Bonchev–Trinajstić information content (AvgIpc) is 3.19. The molecule has 0 saturated carbocycles. The van der Waals surface area contributed by atoms with E-state index in [1.54, 1.807) is 36.5 Å². The van der Waals surface area contributed by atoms with Gasteiger partial charge in [0.1, 0.15) is 35.6 Å². The van der Waals surface area contributed by atoms with Crippen LogP contribution < -0.4 is 15.4 Å². The largest absolute Gasteiger partial charge is 0.487 e. The molecule has 0 radical (unpaired) electrons. The number of hydrogen-bond acceptors (Lipinski definition) is 5. The molecule has 1 aromatic heterocycles. The molecule has 0 bridgehead atoms. The Morgan fingerprint density at radius 3 is 2.63 bits per heavy atom. The Morgan fingerprint density at radius 2 is 1.91 bits per heavy atom. The number of hydrogen-bond donors (Lipinski definition) is 1. The van der Waals surface area contributed by atoms with Gasteiger partial charge in [-0.3, -0.25) is 14.7 Å². The number of benzene rings is 2. The Hall–Kier alpha value is -2.94. The van der Waals surface area contributed by atoms with Crippen molar-refractivity contribution >= 4 is 17.3 Å². The number of halogens is 3. The molecular weight excluding hydrogens is 478 g/mol. The lowest BCUT2D eigenvalue weighted by molar-refractivity contribution is -0.0284. The molecule has 0 aliphatic carbocycles. The summed E-state index contributed by atoms with van der Waals surface area (Å²) < 4.78 is 34.1. The third kappa shape index (κ3) is 5.83. The highest BCUT2D eigenvalue weighted by Crippen LogP contribution is 2.30. The van der Waals surface area contributed by atoms with Crippen molar-refractivity contribution in [3.05, 3.63) is 91.9 Å². The van der Waals surface area contributed by atoms with Gasteiger partial charge in [-0.05, 0) is 56.5 Å². The van der Waals surface area contributed by atoms with Crippen molar-refractivity contribution in [2.45, 2.75) is 45.9 Å². The van der Waals surface area contributed by atoms with Crippen LogP contribution >= 0.6 is 11.6 Å². The van der Waals surface area contributed by atoms with Crippen LogP contribution in [0.25, 0.3) is 0 Å². The average molecular weight is 505 g/mol. The molecule has 1 aliphatic heterocycles. The highest BCUT2D eigenvalue weighted by atomic mass is 35.5. The quantitative estimate of drug-likeness (QED) is 0.478. The fourth-order valence-electron chi connectivity index (χ4n) is 3.89. The number of aromatic nitrogens is 1. The molecule has 2 heterocycles. The zero-order valence-corrected chi connectivity index (χ0v) is 20.5. The molecule has 0 saturated heterocycles. The van der Waals surface area contributed by atoms with E-state index in [2.05, 4.69) is 0 Å². The van der Waals surface area contributed by atoms with Crippen LogP contribution in [0.5, 0.6) is 5.75 Å². The van der Waals surface area contributed by atoms with Crippen LogP contribution in [0.4, 0.5) is 14.5 Å². The van der Waals surface area contributed by atoms with Crippen molar-refractivity contribution in [1.29, 1.82) is 0 Å². The Bertz CT molecular complexity index is 1300. The lowest BCUT2D eigenvalue weighted by Gasteiger charge is -2.24. The molecule has 6 nitrogen and oxygen atoms in total. The van der Waals surface area contributed by atoms with E-state index in [1.807, 2.05) is 18.2 Å². The number of nitrogens with zero attached hydrogens (tertiary/aromatic N) is 2. The van der Waals surface area contributed by atoms with Crippen molar-refractivity contribution in [2.24, 2.45) is 0 Å².